The highest BCUT2D eigenvalue weighted by molar-refractivity contribution is 7.07. The number of aryl methyl sites for hydroxylation is 1. The first kappa shape index (κ1) is 19.2. The van der Waals surface area contributed by atoms with Crippen molar-refractivity contribution in [2.24, 2.45) is 0 Å². The van der Waals surface area contributed by atoms with Gasteiger partial charge in [0.05, 0.1) is 11.0 Å². The number of alkyl halides is 2. The van der Waals surface area contributed by atoms with Crippen LogP contribution in [0.3, 0.4) is 0 Å². The number of nitrogens with one attached hydrogen (secondary N) is 1. The lowest BCUT2D eigenvalue weighted by Gasteiger charge is -2.15. The minimum Gasteiger partial charge on any atom is -0.355 e. The number of aromatic nitrogens is 3. The normalized spacial score (nSPS) is 12.6. The maximum absolute atomic E-state index is 13.5. The van der Waals surface area contributed by atoms with Crippen LogP contribution in [0.1, 0.15) is 37.3 Å². The van der Waals surface area contributed by atoms with Crippen LogP contribution in [-0.4, -0.2) is 26.6 Å². The SMILES string of the molecule is Cc1csc(=O)n1CCC(=O)NC[C@@H](C)c1nc2ccccc2n1C(F)F. The third-order valence-electron chi connectivity index (χ3n) is 4.40. The van der Waals surface area contributed by atoms with Crippen LogP contribution >= 0.6 is 11.3 Å². The monoisotopic (exact) mass is 394 g/mol. The van der Waals surface area contributed by atoms with Crippen molar-refractivity contribution in [3.05, 3.63) is 50.8 Å². The lowest BCUT2D eigenvalue weighted by Crippen LogP contribution is -2.30. The Bertz CT molecular complexity index is 1010. The largest absolute Gasteiger partial charge is 0.355 e. The van der Waals surface area contributed by atoms with Crippen molar-refractivity contribution < 1.29 is 13.6 Å². The van der Waals surface area contributed by atoms with E-state index < -0.39 is 6.55 Å². The molecule has 0 unspecified atom stereocenters. The van der Waals surface area contributed by atoms with Crippen LogP contribution in [0.4, 0.5) is 8.78 Å². The molecule has 27 heavy (non-hydrogen) atoms. The van der Waals surface area contributed by atoms with Crippen LogP contribution < -0.4 is 10.2 Å². The molecule has 0 radical (unpaired) electrons. The average Bonchev–Trinajstić information content (AvgIpc) is 3.18. The molecule has 0 spiro atoms. The third-order valence-corrected chi connectivity index (χ3v) is 5.28. The fourth-order valence-corrected chi connectivity index (χ4v) is 3.71. The van der Waals surface area contributed by atoms with Crippen LogP contribution in [-0.2, 0) is 11.3 Å². The summed E-state index contributed by atoms with van der Waals surface area (Å²) in [6.45, 7) is 1.33. The van der Waals surface area contributed by atoms with Gasteiger partial charge in [0.25, 0.3) is 0 Å². The molecule has 0 aliphatic rings. The molecule has 1 atom stereocenters. The van der Waals surface area contributed by atoms with Gasteiger partial charge in [-0.05, 0) is 19.1 Å². The van der Waals surface area contributed by atoms with Crippen LogP contribution in [0, 0.1) is 6.92 Å². The molecule has 1 aromatic carbocycles. The van der Waals surface area contributed by atoms with E-state index in [0.717, 1.165) is 21.6 Å². The van der Waals surface area contributed by atoms with Crippen LogP contribution in [0.2, 0.25) is 0 Å². The quantitative estimate of drug-likeness (QED) is 0.669. The summed E-state index contributed by atoms with van der Waals surface area (Å²) in [5, 5.41) is 4.49. The van der Waals surface area contributed by atoms with Gasteiger partial charge in [-0.1, -0.05) is 30.4 Å². The van der Waals surface area contributed by atoms with E-state index in [1.54, 1.807) is 41.1 Å². The Balaban J connectivity index is 1.65. The number of amides is 1. The van der Waals surface area contributed by atoms with Crippen LogP contribution in [0.15, 0.2) is 34.4 Å². The molecule has 1 amide bonds. The van der Waals surface area contributed by atoms with Crippen molar-refractivity contribution in [3.8, 4) is 0 Å². The molecule has 3 rings (SSSR count). The maximum atomic E-state index is 13.5. The van der Waals surface area contributed by atoms with Gasteiger partial charge in [-0.2, -0.15) is 8.78 Å². The zero-order valence-electron chi connectivity index (χ0n) is 15.0. The number of thiazole rings is 1. The van der Waals surface area contributed by atoms with Crippen molar-refractivity contribution in [2.45, 2.75) is 39.3 Å². The summed E-state index contributed by atoms with van der Waals surface area (Å²) in [4.78, 5) is 28.0. The summed E-state index contributed by atoms with van der Waals surface area (Å²) in [5.74, 6) is -0.392. The molecule has 2 aromatic heterocycles. The van der Waals surface area contributed by atoms with Crippen LogP contribution in [0.5, 0.6) is 0 Å². The van der Waals surface area contributed by atoms with E-state index in [1.165, 1.54) is 0 Å². The fraction of sp³-hybridized carbons (Fsp3) is 0.389. The third kappa shape index (κ3) is 4.08. The standard InChI is InChI=1S/C18H20F2N4O2S/c1-11(9-21-15(25)7-8-23-12(2)10-27-18(23)26)16-22-13-5-3-4-6-14(13)24(16)17(19)20/h3-6,10-11,17H,7-9H2,1-2H3,(H,21,25)/t11-/m1/s1. The number of nitrogens with zero attached hydrogens (tertiary/aromatic N) is 3. The molecule has 0 saturated heterocycles. The zero-order chi connectivity index (χ0) is 19.6. The molecular weight excluding hydrogens is 374 g/mol. The van der Waals surface area contributed by atoms with Gasteiger partial charge in [-0.25, -0.2) is 4.98 Å². The first-order valence-electron chi connectivity index (χ1n) is 8.55. The van der Waals surface area contributed by atoms with E-state index in [-0.39, 0.29) is 35.5 Å². The summed E-state index contributed by atoms with van der Waals surface area (Å²) >= 11 is 1.10. The van der Waals surface area contributed by atoms with E-state index >= 15 is 0 Å². The van der Waals surface area contributed by atoms with E-state index in [9.17, 15) is 18.4 Å². The van der Waals surface area contributed by atoms with Crippen molar-refractivity contribution in [1.82, 2.24) is 19.4 Å². The fourth-order valence-electron chi connectivity index (χ4n) is 2.95. The molecule has 144 valence electrons. The number of para-hydroxylation sites is 2. The Morgan fingerprint density at radius 3 is 2.74 bits per heavy atom. The number of rotatable bonds is 7. The zero-order valence-corrected chi connectivity index (χ0v) is 15.8. The number of hydrogen-bond acceptors (Lipinski definition) is 4. The number of halogens is 2. The van der Waals surface area contributed by atoms with Crippen molar-refractivity contribution in [3.63, 3.8) is 0 Å². The van der Waals surface area contributed by atoms with E-state index in [1.807, 2.05) is 6.92 Å². The van der Waals surface area contributed by atoms with E-state index in [2.05, 4.69) is 10.3 Å². The van der Waals surface area contributed by atoms with E-state index in [0.29, 0.717) is 17.6 Å². The molecule has 0 aliphatic heterocycles. The highest BCUT2D eigenvalue weighted by Gasteiger charge is 2.22. The highest BCUT2D eigenvalue weighted by Crippen LogP contribution is 2.27. The summed E-state index contributed by atoms with van der Waals surface area (Å²) < 4.78 is 29.5. The Hall–Kier alpha value is -2.55. The number of fused-ring (bicyclic) bond motifs is 1. The van der Waals surface area contributed by atoms with Gasteiger partial charge < -0.3 is 9.88 Å². The Morgan fingerprint density at radius 1 is 1.33 bits per heavy atom. The van der Waals surface area contributed by atoms with Gasteiger partial charge in [0.1, 0.15) is 5.82 Å². The minimum absolute atomic E-state index is 0.0979. The van der Waals surface area contributed by atoms with Crippen molar-refractivity contribution in [1.29, 1.82) is 0 Å². The number of hydrogen-bond donors (Lipinski definition) is 1. The number of imidazole rings is 1. The number of carbonyl (C=O) groups is 1. The highest BCUT2D eigenvalue weighted by atomic mass is 32.1. The molecule has 3 aromatic rings. The summed E-state index contributed by atoms with van der Waals surface area (Å²) in [7, 11) is 0. The van der Waals surface area contributed by atoms with E-state index in [4.69, 9.17) is 0 Å². The van der Waals surface area contributed by atoms with Gasteiger partial charge in [-0.15, -0.1) is 0 Å². The second-order valence-corrected chi connectivity index (χ2v) is 7.18. The lowest BCUT2D eigenvalue weighted by molar-refractivity contribution is -0.121. The summed E-state index contributed by atoms with van der Waals surface area (Å²) in [6.07, 6.45) is 0.148. The second-order valence-electron chi connectivity index (χ2n) is 6.36. The first-order valence-corrected chi connectivity index (χ1v) is 9.43. The van der Waals surface area contributed by atoms with Crippen LogP contribution in [0.25, 0.3) is 11.0 Å². The second kappa shape index (κ2) is 7.99. The molecule has 0 fully saturated rings. The summed E-state index contributed by atoms with van der Waals surface area (Å²) in [6, 6.07) is 6.72. The molecule has 9 heteroatoms. The number of benzene rings is 1. The first-order chi connectivity index (χ1) is 12.9. The minimum atomic E-state index is -2.71. The molecule has 0 aliphatic carbocycles. The van der Waals surface area contributed by atoms with Crippen molar-refractivity contribution in [2.75, 3.05) is 6.54 Å². The Kier molecular flexibility index (Phi) is 5.69. The average molecular weight is 394 g/mol. The predicted molar refractivity (Wildman–Crippen MR) is 100 cm³/mol. The Morgan fingerprint density at radius 2 is 2.07 bits per heavy atom. The Labute approximate surface area is 158 Å². The molecular formula is C18H20F2N4O2S. The smallest absolute Gasteiger partial charge is 0.320 e. The number of carbonyl (C=O) groups excluding carboxylic acids is 1. The van der Waals surface area contributed by atoms with Gasteiger partial charge in [0, 0.05) is 36.5 Å². The maximum Gasteiger partial charge on any atom is 0.320 e. The van der Waals surface area contributed by atoms with Gasteiger partial charge in [0.15, 0.2) is 0 Å². The molecule has 2 heterocycles. The molecule has 1 N–H and O–H groups in total. The van der Waals surface area contributed by atoms with Gasteiger partial charge in [0.2, 0.25) is 5.91 Å². The topological polar surface area (TPSA) is 68.9 Å². The lowest BCUT2D eigenvalue weighted by atomic mass is 10.1. The van der Waals surface area contributed by atoms with Gasteiger partial charge in [-0.3, -0.25) is 14.2 Å². The molecule has 6 nitrogen and oxygen atoms in total. The van der Waals surface area contributed by atoms with Crippen molar-refractivity contribution >= 4 is 28.3 Å². The predicted octanol–water partition coefficient (Wildman–Crippen LogP) is 3.27. The molecule has 0 saturated carbocycles. The summed E-state index contributed by atoms with van der Waals surface area (Å²) in [5.41, 5.74) is 1.68. The molecule has 0 bridgehead atoms. The van der Waals surface area contributed by atoms with Gasteiger partial charge >= 0.3 is 11.4 Å².